The highest BCUT2D eigenvalue weighted by Gasteiger charge is 2.42. The van der Waals surface area contributed by atoms with Crippen LogP contribution in [0.25, 0.3) is 0 Å². The van der Waals surface area contributed by atoms with Gasteiger partial charge in [-0.05, 0) is 43.5 Å². The van der Waals surface area contributed by atoms with Gasteiger partial charge in [-0.2, -0.15) is 0 Å². The number of carbonyl (C=O) groups is 4. The number of hydrogen-bond acceptors (Lipinski definition) is 5. The summed E-state index contributed by atoms with van der Waals surface area (Å²) in [4.78, 5) is 48.7. The molecule has 3 rings (SSSR count). The van der Waals surface area contributed by atoms with Crippen LogP contribution in [0.5, 0.6) is 0 Å². The Morgan fingerprint density at radius 1 is 1.12 bits per heavy atom. The van der Waals surface area contributed by atoms with E-state index in [2.05, 4.69) is 10.6 Å². The minimum Gasteiger partial charge on any atom is -0.351 e. The fraction of sp³-hybridized carbons (Fsp3) is 0.294. The van der Waals surface area contributed by atoms with Crippen molar-refractivity contribution < 1.29 is 19.2 Å². The van der Waals surface area contributed by atoms with E-state index in [0.29, 0.717) is 5.69 Å². The van der Waals surface area contributed by atoms with Crippen molar-refractivity contribution in [3.05, 3.63) is 41.1 Å². The van der Waals surface area contributed by atoms with Crippen LogP contribution in [0, 0.1) is 13.8 Å². The molecule has 2 N–H and O–H groups in total. The molecule has 2 aliphatic heterocycles. The van der Waals surface area contributed by atoms with Crippen molar-refractivity contribution in [3.8, 4) is 0 Å². The van der Waals surface area contributed by atoms with Crippen molar-refractivity contribution in [1.29, 1.82) is 0 Å². The minimum absolute atomic E-state index is 0.105. The van der Waals surface area contributed by atoms with Gasteiger partial charge in [0.15, 0.2) is 0 Å². The van der Waals surface area contributed by atoms with Crippen LogP contribution in [0.4, 0.5) is 5.69 Å². The Kier molecular flexibility index (Phi) is 3.92. The van der Waals surface area contributed by atoms with E-state index in [9.17, 15) is 19.2 Å². The second-order valence-corrected chi connectivity index (χ2v) is 5.96. The molecule has 0 saturated carbocycles. The zero-order valence-corrected chi connectivity index (χ0v) is 13.4. The van der Waals surface area contributed by atoms with Gasteiger partial charge >= 0.3 is 0 Å². The molecule has 4 amide bonds. The molecule has 0 aromatic heterocycles. The maximum absolute atomic E-state index is 12.5. The Morgan fingerprint density at radius 2 is 1.88 bits per heavy atom. The molecule has 1 saturated heterocycles. The van der Waals surface area contributed by atoms with Crippen LogP contribution in [0.2, 0.25) is 0 Å². The maximum atomic E-state index is 12.5. The van der Waals surface area contributed by atoms with Crippen molar-refractivity contribution >= 4 is 29.3 Å². The molecular formula is C17H17N3O4. The van der Waals surface area contributed by atoms with Crippen molar-refractivity contribution in [3.63, 3.8) is 0 Å². The monoisotopic (exact) mass is 327 g/mol. The Morgan fingerprint density at radius 3 is 2.54 bits per heavy atom. The normalized spacial score (nSPS) is 21.0. The molecule has 2 aliphatic rings. The van der Waals surface area contributed by atoms with Gasteiger partial charge in [-0.15, -0.1) is 0 Å². The molecular weight excluding hydrogens is 310 g/mol. The van der Waals surface area contributed by atoms with E-state index >= 15 is 0 Å². The van der Waals surface area contributed by atoms with Crippen LogP contribution in [-0.2, 0) is 19.2 Å². The van der Waals surface area contributed by atoms with Gasteiger partial charge in [0.1, 0.15) is 11.7 Å². The number of rotatable bonds is 3. The quantitative estimate of drug-likeness (QED) is 0.800. The van der Waals surface area contributed by atoms with Gasteiger partial charge in [0, 0.05) is 18.2 Å². The lowest BCUT2D eigenvalue weighted by atomic mass is 10.0. The Balaban J connectivity index is 1.78. The molecule has 1 aromatic rings. The number of piperidine rings is 1. The molecule has 1 atom stereocenters. The van der Waals surface area contributed by atoms with E-state index in [4.69, 9.17) is 0 Å². The highest BCUT2D eigenvalue weighted by Crippen LogP contribution is 2.23. The summed E-state index contributed by atoms with van der Waals surface area (Å²) in [5.41, 5.74) is 2.98. The first-order valence-corrected chi connectivity index (χ1v) is 7.64. The number of hydrogen-bond donors (Lipinski definition) is 2. The Hall–Kier alpha value is -2.96. The number of nitrogens with zero attached hydrogens (tertiary/aromatic N) is 1. The second-order valence-electron chi connectivity index (χ2n) is 5.96. The molecule has 0 radical (unpaired) electrons. The van der Waals surface area contributed by atoms with Gasteiger partial charge in [-0.3, -0.25) is 29.4 Å². The van der Waals surface area contributed by atoms with Crippen LogP contribution in [-0.4, -0.2) is 34.6 Å². The SMILES string of the molecule is Cc1ccc(NC2=CC(=O)N(C3CCC(=O)NC3=O)C2=O)cc1C. The number of nitrogens with one attached hydrogen (secondary N) is 2. The molecule has 1 unspecified atom stereocenters. The van der Waals surface area contributed by atoms with Crippen molar-refractivity contribution in [2.45, 2.75) is 32.7 Å². The highest BCUT2D eigenvalue weighted by molar-refractivity contribution is 6.20. The van der Waals surface area contributed by atoms with Gasteiger partial charge in [0.05, 0.1) is 0 Å². The molecule has 24 heavy (non-hydrogen) atoms. The fourth-order valence-corrected chi connectivity index (χ4v) is 2.77. The summed E-state index contributed by atoms with van der Waals surface area (Å²) in [6.07, 6.45) is 1.43. The summed E-state index contributed by atoms with van der Waals surface area (Å²) in [5, 5.41) is 5.09. The third-order valence-electron chi connectivity index (χ3n) is 4.26. The van der Waals surface area contributed by atoms with E-state index < -0.39 is 29.7 Å². The summed E-state index contributed by atoms with van der Waals surface area (Å²) in [5.74, 6) is -2.13. The van der Waals surface area contributed by atoms with E-state index in [1.807, 2.05) is 32.0 Å². The third-order valence-corrected chi connectivity index (χ3v) is 4.26. The molecule has 0 aliphatic carbocycles. The number of amides is 4. The summed E-state index contributed by atoms with van der Waals surface area (Å²) < 4.78 is 0. The number of imide groups is 2. The van der Waals surface area contributed by atoms with Crippen LogP contribution in [0.3, 0.4) is 0 Å². The maximum Gasteiger partial charge on any atom is 0.278 e. The molecule has 0 bridgehead atoms. The molecule has 2 heterocycles. The van der Waals surface area contributed by atoms with Crippen molar-refractivity contribution in [1.82, 2.24) is 10.2 Å². The predicted molar refractivity (Wildman–Crippen MR) is 85.6 cm³/mol. The molecule has 1 aromatic carbocycles. The van der Waals surface area contributed by atoms with E-state index in [1.165, 1.54) is 6.08 Å². The van der Waals surface area contributed by atoms with Crippen molar-refractivity contribution in [2.75, 3.05) is 5.32 Å². The zero-order valence-electron chi connectivity index (χ0n) is 13.4. The summed E-state index contributed by atoms with van der Waals surface area (Å²) in [6.45, 7) is 3.93. The van der Waals surface area contributed by atoms with Crippen LogP contribution in [0.15, 0.2) is 30.0 Å². The summed E-state index contributed by atoms with van der Waals surface area (Å²) in [6, 6.07) is 4.66. The molecule has 7 nitrogen and oxygen atoms in total. The summed E-state index contributed by atoms with van der Waals surface area (Å²) in [7, 11) is 0. The predicted octanol–water partition coefficient (Wildman–Crippen LogP) is 0.773. The fourth-order valence-electron chi connectivity index (χ4n) is 2.77. The average molecular weight is 327 g/mol. The number of aryl methyl sites for hydroxylation is 2. The van der Waals surface area contributed by atoms with Crippen LogP contribution < -0.4 is 10.6 Å². The lowest BCUT2D eigenvalue weighted by molar-refractivity contribution is -0.149. The van der Waals surface area contributed by atoms with Gasteiger partial charge in [-0.25, -0.2) is 0 Å². The molecule has 1 fully saturated rings. The Bertz CT molecular complexity index is 797. The number of anilines is 1. The van der Waals surface area contributed by atoms with Gasteiger partial charge in [0.25, 0.3) is 11.8 Å². The third kappa shape index (κ3) is 2.80. The number of benzene rings is 1. The average Bonchev–Trinajstić information content (AvgIpc) is 2.78. The smallest absolute Gasteiger partial charge is 0.278 e. The van der Waals surface area contributed by atoms with Gasteiger partial charge in [0.2, 0.25) is 11.8 Å². The van der Waals surface area contributed by atoms with E-state index in [1.54, 1.807) is 0 Å². The first-order valence-electron chi connectivity index (χ1n) is 7.64. The van der Waals surface area contributed by atoms with Crippen LogP contribution in [0.1, 0.15) is 24.0 Å². The molecule has 124 valence electrons. The first-order chi connectivity index (χ1) is 11.4. The lowest BCUT2D eigenvalue weighted by Crippen LogP contribution is -2.54. The first kappa shape index (κ1) is 15.9. The Labute approximate surface area is 138 Å². The van der Waals surface area contributed by atoms with Gasteiger partial charge < -0.3 is 5.32 Å². The largest absolute Gasteiger partial charge is 0.351 e. The van der Waals surface area contributed by atoms with Gasteiger partial charge in [-0.1, -0.05) is 6.07 Å². The standard InChI is InChI=1S/C17H17N3O4/c1-9-3-4-11(7-10(9)2)18-12-8-15(22)20(17(12)24)13-5-6-14(21)19-16(13)23/h3-4,7-8,13,18H,5-6H2,1-2H3,(H,19,21,23). The second kappa shape index (κ2) is 5.92. The van der Waals surface area contributed by atoms with Crippen LogP contribution >= 0.6 is 0 Å². The van der Waals surface area contributed by atoms with E-state index in [0.717, 1.165) is 16.0 Å². The molecule has 0 spiro atoms. The minimum atomic E-state index is -0.946. The molecule has 7 heteroatoms. The van der Waals surface area contributed by atoms with Crippen molar-refractivity contribution in [2.24, 2.45) is 0 Å². The topological polar surface area (TPSA) is 95.6 Å². The number of carbonyl (C=O) groups excluding carboxylic acids is 4. The summed E-state index contributed by atoms with van der Waals surface area (Å²) >= 11 is 0. The lowest BCUT2D eigenvalue weighted by Gasteiger charge is -2.28. The van der Waals surface area contributed by atoms with E-state index in [-0.39, 0.29) is 18.5 Å². The highest BCUT2D eigenvalue weighted by atomic mass is 16.2. The zero-order chi connectivity index (χ0) is 17.4.